The minimum absolute atomic E-state index is 0.148. The van der Waals surface area contributed by atoms with E-state index in [1.807, 2.05) is 12.1 Å². The molecule has 4 heterocycles. The highest BCUT2D eigenvalue weighted by Crippen LogP contribution is 2.31. The SMILES string of the molecule is O=C1CCC(N2Cc3cc(CN4CCN(c5nsc6cc(F)ccc56)CC4)ccc3C2=O)C(=O)N1. The number of anilines is 1. The number of fused-ring (bicyclic) bond motifs is 2. The summed E-state index contributed by atoms with van der Waals surface area (Å²) in [5, 5.41) is 3.34. The number of imide groups is 1. The average Bonchev–Trinajstić information content (AvgIpc) is 3.40. The van der Waals surface area contributed by atoms with Crippen LogP contribution in [0.1, 0.15) is 34.3 Å². The molecule has 0 aliphatic carbocycles. The standard InChI is InChI=1S/C25H24FN5O3S/c26-17-2-4-19-21(12-17)35-28-23(19)30-9-7-29(8-10-30)13-15-1-3-18-16(11-15)14-31(25(18)34)20-5-6-22(32)27-24(20)33/h1-4,11-12,20H,5-10,13-14H2,(H,27,32,33). The van der Waals surface area contributed by atoms with Crippen LogP contribution in [0.3, 0.4) is 0 Å². The van der Waals surface area contributed by atoms with Gasteiger partial charge in [0.15, 0.2) is 0 Å². The highest BCUT2D eigenvalue weighted by Gasteiger charge is 2.39. The Morgan fingerprint density at radius 1 is 1.06 bits per heavy atom. The predicted octanol–water partition coefficient (Wildman–Crippen LogP) is 2.52. The van der Waals surface area contributed by atoms with E-state index in [9.17, 15) is 18.8 Å². The van der Waals surface area contributed by atoms with Gasteiger partial charge in [0.2, 0.25) is 11.8 Å². The Morgan fingerprint density at radius 2 is 1.89 bits per heavy atom. The van der Waals surface area contributed by atoms with E-state index >= 15 is 0 Å². The summed E-state index contributed by atoms with van der Waals surface area (Å²) in [5.74, 6) is -0.138. The molecule has 3 aliphatic heterocycles. The Labute approximate surface area is 205 Å². The van der Waals surface area contributed by atoms with E-state index in [2.05, 4.69) is 25.6 Å². The van der Waals surface area contributed by atoms with E-state index < -0.39 is 11.9 Å². The molecule has 0 saturated carbocycles. The molecule has 1 unspecified atom stereocenters. The Hall–Kier alpha value is -3.37. The molecule has 3 amide bonds. The zero-order chi connectivity index (χ0) is 24.1. The molecule has 2 aromatic carbocycles. The number of piperidine rings is 1. The van der Waals surface area contributed by atoms with Crippen molar-refractivity contribution in [2.75, 3.05) is 31.1 Å². The van der Waals surface area contributed by atoms with Crippen LogP contribution in [0.25, 0.3) is 10.1 Å². The maximum atomic E-state index is 13.5. The van der Waals surface area contributed by atoms with Crippen LogP contribution >= 0.6 is 11.5 Å². The molecule has 3 aliphatic rings. The minimum atomic E-state index is -0.595. The molecule has 1 aromatic heterocycles. The lowest BCUT2D eigenvalue weighted by molar-refractivity contribution is -0.136. The monoisotopic (exact) mass is 493 g/mol. The largest absolute Gasteiger partial charge is 0.353 e. The van der Waals surface area contributed by atoms with Gasteiger partial charge >= 0.3 is 0 Å². The molecule has 10 heteroatoms. The second-order valence-corrected chi connectivity index (χ2v) is 10.1. The summed E-state index contributed by atoms with van der Waals surface area (Å²) in [6.07, 6.45) is 0.617. The molecule has 2 saturated heterocycles. The summed E-state index contributed by atoms with van der Waals surface area (Å²) in [5.41, 5.74) is 2.69. The number of nitrogens with zero attached hydrogens (tertiary/aromatic N) is 4. The quantitative estimate of drug-likeness (QED) is 0.563. The highest BCUT2D eigenvalue weighted by atomic mass is 32.1. The van der Waals surface area contributed by atoms with Crippen molar-refractivity contribution < 1.29 is 18.8 Å². The normalized spacial score (nSPS) is 21.1. The first-order valence-electron chi connectivity index (χ1n) is 11.7. The first kappa shape index (κ1) is 22.1. The number of benzene rings is 2. The molecular formula is C25H24FN5O3S. The van der Waals surface area contributed by atoms with Crippen LogP contribution in [0, 0.1) is 5.82 Å². The summed E-state index contributed by atoms with van der Waals surface area (Å²) >= 11 is 1.33. The number of piperazine rings is 1. The number of carbonyl (C=O) groups excluding carboxylic acids is 3. The number of nitrogens with one attached hydrogen (secondary N) is 1. The van der Waals surface area contributed by atoms with Crippen molar-refractivity contribution in [3.63, 3.8) is 0 Å². The first-order valence-corrected chi connectivity index (χ1v) is 12.5. The summed E-state index contributed by atoms with van der Waals surface area (Å²) in [6, 6.07) is 10.1. The van der Waals surface area contributed by atoms with Gasteiger partial charge in [0.1, 0.15) is 17.7 Å². The van der Waals surface area contributed by atoms with Crippen LogP contribution < -0.4 is 10.2 Å². The van der Waals surface area contributed by atoms with Crippen molar-refractivity contribution in [3.05, 3.63) is 58.9 Å². The van der Waals surface area contributed by atoms with Gasteiger partial charge in [-0.3, -0.25) is 24.6 Å². The van der Waals surface area contributed by atoms with Gasteiger partial charge in [0.05, 0.1) is 4.70 Å². The Bertz CT molecular complexity index is 1350. The van der Waals surface area contributed by atoms with Gasteiger partial charge in [0, 0.05) is 56.6 Å². The molecule has 180 valence electrons. The Balaban J connectivity index is 1.10. The third-order valence-corrected chi connectivity index (χ3v) is 7.88. The zero-order valence-corrected chi connectivity index (χ0v) is 19.8. The number of hydrogen-bond donors (Lipinski definition) is 1. The van der Waals surface area contributed by atoms with Crippen molar-refractivity contribution in [1.82, 2.24) is 19.5 Å². The van der Waals surface area contributed by atoms with Crippen molar-refractivity contribution in [1.29, 1.82) is 0 Å². The van der Waals surface area contributed by atoms with Crippen LogP contribution in [-0.2, 0) is 22.7 Å². The second kappa shape index (κ2) is 8.69. The predicted molar refractivity (Wildman–Crippen MR) is 130 cm³/mol. The van der Waals surface area contributed by atoms with Crippen LogP contribution in [0.15, 0.2) is 36.4 Å². The number of hydrogen-bond acceptors (Lipinski definition) is 7. The van der Waals surface area contributed by atoms with Crippen molar-refractivity contribution in [3.8, 4) is 0 Å². The number of halogens is 1. The number of amides is 3. The third kappa shape index (κ3) is 4.06. The molecule has 1 atom stereocenters. The summed E-state index contributed by atoms with van der Waals surface area (Å²) in [7, 11) is 0. The lowest BCUT2D eigenvalue weighted by Crippen LogP contribution is -2.52. The first-order chi connectivity index (χ1) is 17.0. The van der Waals surface area contributed by atoms with Gasteiger partial charge in [-0.2, -0.15) is 4.37 Å². The fourth-order valence-electron chi connectivity index (χ4n) is 5.23. The van der Waals surface area contributed by atoms with Crippen LogP contribution in [0.4, 0.5) is 10.2 Å². The van der Waals surface area contributed by atoms with E-state index in [4.69, 9.17) is 0 Å². The lowest BCUT2D eigenvalue weighted by Gasteiger charge is -2.35. The van der Waals surface area contributed by atoms with E-state index in [0.717, 1.165) is 59.8 Å². The maximum absolute atomic E-state index is 13.5. The highest BCUT2D eigenvalue weighted by molar-refractivity contribution is 7.13. The number of carbonyl (C=O) groups is 3. The maximum Gasteiger partial charge on any atom is 0.255 e. The molecule has 0 bridgehead atoms. The molecule has 8 nitrogen and oxygen atoms in total. The van der Waals surface area contributed by atoms with Crippen molar-refractivity contribution in [2.24, 2.45) is 0 Å². The van der Waals surface area contributed by atoms with Gasteiger partial charge in [-0.05, 0) is 53.3 Å². The smallest absolute Gasteiger partial charge is 0.255 e. The van der Waals surface area contributed by atoms with E-state index in [0.29, 0.717) is 18.5 Å². The van der Waals surface area contributed by atoms with E-state index in [-0.39, 0.29) is 24.1 Å². The summed E-state index contributed by atoms with van der Waals surface area (Å²) in [6.45, 7) is 4.58. The van der Waals surface area contributed by atoms with Gasteiger partial charge in [-0.25, -0.2) is 4.39 Å². The van der Waals surface area contributed by atoms with Crippen LogP contribution in [0.2, 0.25) is 0 Å². The van der Waals surface area contributed by atoms with E-state index in [1.54, 1.807) is 11.0 Å². The lowest BCUT2D eigenvalue weighted by atomic mass is 10.0. The van der Waals surface area contributed by atoms with Gasteiger partial charge in [0.25, 0.3) is 5.91 Å². The molecule has 0 spiro atoms. The number of aromatic nitrogens is 1. The molecule has 6 rings (SSSR count). The fraction of sp³-hybridized carbons (Fsp3) is 0.360. The molecular weight excluding hydrogens is 469 g/mol. The summed E-state index contributed by atoms with van der Waals surface area (Å²) < 4.78 is 18.9. The van der Waals surface area contributed by atoms with Crippen molar-refractivity contribution >= 4 is 45.2 Å². The zero-order valence-electron chi connectivity index (χ0n) is 19.0. The van der Waals surface area contributed by atoms with Crippen LogP contribution in [-0.4, -0.2) is 64.1 Å². The molecule has 35 heavy (non-hydrogen) atoms. The minimum Gasteiger partial charge on any atom is -0.353 e. The molecule has 3 aromatic rings. The molecule has 2 fully saturated rings. The molecule has 0 radical (unpaired) electrons. The Morgan fingerprint density at radius 3 is 2.69 bits per heavy atom. The number of rotatable bonds is 4. The molecule has 1 N–H and O–H groups in total. The topological polar surface area (TPSA) is 85.9 Å². The van der Waals surface area contributed by atoms with Gasteiger partial charge in [-0.1, -0.05) is 12.1 Å². The average molecular weight is 494 g/mol. The van der Waals surface area contributed by atoms with Crippen molar-refractivity contribution in [2.45, 2.75) is 32.0 Å². The fourth-order valence-corrected chi connectivity index (χ4v) is 6.05. The summed E-state index contributed by atoms with van der Waals surface area (Å²) in [4.78, 5) is 42.8. The van der Waals surface area contributed by atoms with E-state index in [1.165, 1.54) is 23.7 Å². The van der Waals surface area contributed by atoms with Crippen LogP contribution in [0.5, 0.6) is 0 Å². The van der Waals surface area contributed by atoms with Gasteiger partial charge < -0.3 is 9.80 Å². The Kier molecular flexibility index (Phi) is 5.49. The second-order valence-electron chi connectivity index (χ2n) is 9.30. The van der Waals surface area contributed by atoms with Gasteiger partial charge in [-0.15, -0.1) is 0 Å². The third-order valence-electron chi connectivity index (χ3n) is 7.08.